The third-order valence-corrected chi connectivity index (χ3v) is 5.45. The predicted molar refractivity (Wildman–Crippen MR) is 111 cm³/mol. The maximum atomic E-state index is 13.1. The van der Waals surface area contributed by atoms with E-state index in [-0.39, 0.29) is 11.5 Å². The van der Waals surface area contributed by atoms with E-state index in [1.54, 1.807) is 36.4 Å². The molecular formula is C22H23N3O5. The number of aromatic nitrogens is 2. The highest BCUT2D eigenvalue weighted by Crippen LogP contribution is 2.29. The molecule has 0 aliphatic carbocycles. The molecule has 3 heterocycles. The number of methoxy groups -OCH3 is 2. The van der Waals surface area contributed by atoms with Crippen LogP contribution in [0, 0.1) is 0 Å². The fourth-order valence-corrected chi connectivity index (χ4v) is 3.84. The monoisotopic (exact) mass is 409 g/mol. The third kappa shape index (κ3) is 3.61. The first-order chi connectivity index (χ1) is 14.5. The van der Waals surface area contributed by atoms with E-state index in [9.17, 15) is 14.4 Å². The molecule has 1 aliphatic heterocycles. The minimum atomic E-state index is -0.395. The average Bonchev–Trinajstić information content (AvgIpc) is 3.14. The van der Waals surface area contributed by atoms with Crippen LogP contribution in [0.3, 0.4) is 0 Å². The Morgan fingerprint density at radius 2 is 1.93 bits per heavy atom. The number of esters is 1. The van der Waals surface area contributed by atoms with Crippen LogP contribution < -0.4 is 5.56 Å². The van der Waals surface area contributed by atoms with Crippen LogP contribution >= 0.6 is 0 Å². The second-order valence-electron chi connectivity index (χ2n) is 7.25. The Bertz CT molecular complexity index is 1180. The van der Waals surface area contributed by atoms with Gasteiger partial charge < -0.3 is 23.9 Å². The van der Waals surface area contributed by atoms with Crippen LogP contribution in [-0.4, -0.2) is 53.7 Å². The summed E-state index contributed by atoms with van der Waals surface area (Å²) in [5.41, 5.74) is 3.76. The van der Waals surface area contributed by atoms with Gasteiger partial charge in [0, 0.05) is 67.6 Å². The van der Waals surface area contributed by atoms with Crippen LogP contribution in [0.25, 0.3) is 10.9 Å². The van der Waals surface area contributed by atoms with Crippen molar-refractivity contribution in [1.29, 1.82) is 0 Å². The lowest BCUT2D eigenvalue weighted by atomic mass is 10.0. The van der Waals surface area contributed by atoms with Gasteiger partial charge >= 0.3 is 5.97 Å². The fraction of sp³-hybridized carbons (Fsp3) is 0.318. The number of hydrogen-bond donors (Lipinski definition) is 1. The topological polar surface area (TPSA) is 93.6 Å². The van der Waals surface area contributed by atoms with Crippen molar-refractivity contribution in [2.45, 2.75) is 19.5 Å². The molecule has 0 unspecified atom stereocenters. The smallest absolute Gasteiger partial charge is 0.337 e. The summed E-state index contributed by atoms with van der Waals surface area (Å²) >= 11 is 0. The molecule has 8 heteroatoms. The van der Waals surface area contributed by atoms with Crippen LogP contribution in [0.4, 0.5) is 0 Å². The van der Waals surface area contributed by atoms with Gasteiger partial charge in [0.15, 0.2) is 0 Å². The van der Waals surface area contributed by atoms with Gasteiger partial charge in [0.05, 0.1) is 24.8 Å². The summed E-state index contributed by atoms with van der Waals surface area (Å²) in [7, 11) is 2.92. The van der Waals surface area contributed by atoms with Gasteiger partial charge in [-0.2, -0.15) is 0 Å². The Balaban J connectivity index is 1.63. The van der Waals surface area contributed by atoms with E-state index in [0.717, 1.165) is 22.2 Å². The zero-order valence-corrected chi connectivity index (χ0v) is 16.9. The molecule has 0 radical (unpaired) electrons. The number of ether oxygens (including phenoxy) is 2. The minimum absolute atomic E-state index is 0.134. The number of H-pyrrole nitrogens is 1. The molecule has 1 aromatic carbocycles. The molecule has 0 fully saturated rings. The first-order valence-corrected chi connectivity index (χ1v) is 9.72. The third-order valence-electron chi connectivity index (χ3n) is 5.45. The molecule has 0 bridgehead atoms. The van der Waals surface area contributed by atoms with Crippen molar-refractivity contribution < 1.29 is 19.1 Å². The quantitative estimate of drug-likeness (QED) is 0.650. The maximum Gasteiger partial charge on any atom is 0.337 e. The molecule has 0 atom stereocenters. The highest BCUT2D eigenvalue weighted by molar-refractivity contribution is 5.97. The number of hydrogen-bond acceptors (Lipinski definition) is 5. The van der Waals surface area contributed by atoms with E-state index in [0.29, 0.717) is 43.8 Å². The number of pyridine rings is 1. The SMILES string of the molecule is COCCn1cc(C(=O)N2CCc3[nH]c4ccc(C(=O)OC)cc4c3C2)ccc1=O. The van der Waals surface area contributed by atoms with Crippen molar-refractivity contribution in [1.82, 2.24) is 14.5 Å². The van der Waals surface area contributed by atoms with Gasteiger partial charge in [0.25, 0.3) is 11.5 Å². The Labute approximate surface area is 173 Å². The lowest BCUT2D eigenvalue weighted by Crippen LogP contribution is -2.36. The molecule has 4 rings (SSSR count). The van der Waals surface area contributed by atoms with E-state index >= 15 is 0 Å². The normalized spacial score (nSPS) is 13.3. The van der Waals surface area contributed by atoms with Gasteiger partial charge in [0.2, 0.25) is 0 Å². The number of aromatic amines is 1. The first kappa shape index (κ1) is 19.9. The van der Waals surface area contributed by atoms with Crippen LogP contribution in [-0.2, 0) is 29.0 Å². The van der Waals surface area contributed by atoms with Crippen molar-refractivity contribution >= 4 is 22.8 Å². The summed E-state index contributed by atoms with van der Waals surface area (Å²) in [4.78, 5) is 42.2. The van der Waals surface area contributed by atoms with Crippen molar-refractivity contribution in [2.24, 2.45) is 0 Å². The molecular weight excluding hydrogens is 386 g/mol. The number of amides is 1. The summed E-state index contributed by atoms with van der Waals surface area (Å²) in [6, 6.07) is 8.36. The summed E-state index contributed by atoms with van der Waals surface area (Å²) in [5, 5.41) is 0.912. The van der Waals surface area contributed by atoms with Crippen LogP contribution in [0.5, 0.6) is 0 Å². The molecule has 0 spiro atoms. The Morgan fingerprint density at radius 3 is 2.70 bits per heavy atom. The number of nitrogens with zero attached hydrogens (tertiary/aromatic N) is 2. The van der Waals surface area contributed by atoms with Gasteiger partial charge in [-0.25, -0.2) is 4.79 Å². The fourth-order valence-electron chi connectivity index (χ4n) is 3.84. The van der Waals surface area contributed by atoms with Gasteiger partial charge in [0.1, 0.15) is 0 Å². The summed E-state index contributed by atoms with van der Waals surface area (Å²) in [5.74, 6) is -0.529. The van der Waals surface area contributed by atoms with E-state index in [1.165, 1.54) is 17.7 Å². The molecule has 156 valence electrons. The zero-order valence-electron chi connectivity index (χ0n) is 16.9. The maximum absolute atomic E-state index is 13.1. The standard InChI is InChI=1S/C22H23N3O5/c1-29-10-9-24-12-15(4-6-20(24)26)21(27)25-8-7-19-17(13-25)16-11-14(22(28)30-2)3-5-18(16)23-19/h3-6,11-12,23H,7-10,13H2,1-2H3. The minimum Gasteiger partial charge on any atom is -0.465 e. The molecule has 1 N–H and O–H groups in total. The Kier molecular flexibility index (Phi) is 5.41. The number of carbonyl (C=O) groups is 2. The zero-order chi connectivity index (χ0) is 21.3. The molecule has 3 aromatic rings. The number of nitrogens with one attached hydrogen (secondary N) is 1. The average molecular weight is 409 g/mol. The van der Waals surface area contributed by atoms with Crippen LogP contribution in [0.2, 0.25) is 0 Å². The van der Waals surface area contributed by atoms with Crippen molar-refractivity contribution in [3.05, 3.63) is 69.3 Å². The van der Waals surface area contributed by atoms with Gasteiger partial charge in [-0.05, 0) is 24.3 Å². The van der Waals surface area contributed by atoms with Crippen LogP contribution in [0.15, 0.2) is 41.3 Å². The van der Waals surface area contributed by atoms with Gasteiger partial charge in [-0.3, -0.25) is 9.59 Å². The van der Waals surface area contributed by atoms with Crippen molar-refractivity contribution in [3.63, 3.8) is 0 Å². The summed E-state index contributed by atoms with van der Waals surface area (Å²) < 4.78 is 11.3. The summed E-state index contributed by atoms with van der Waals surface area (Å²) in [6.07, 6.45) is 2.27. The van der Waals surface area contributed by atoms with Gasteiger partial charge in [-0.15, -0.1) is 0 Å². The summed E-state index contributed by atoms with van der Waals surface area (Å²) in [6.45, 7) is 1.78. The molecule has 1 amide bonds. The van der Waals surface area contributed by atoms with Crippen molar-refractivity contribution in [2.75, 3.05) is 27.4 Å². The Morgan fingerprint density at radius 1 is 1.13 bits per heavy atom. The number of rotatable bonds is 5. The second-order valence-corrected chi connectivity index (χ2v) is 7.25. The molecule has 30 heavy (non-hydrogen) atoms. The van der Waals surface area contributed by atoms with E-state index in [4.69, 9.17) is 9.47 Å². The molecule has 8 nitrogen and oxygen atoms in total. The number of carbonyl (C=O) groups excluding carboxylic acids is 2. The largest absolute Gasteiger partial charge is 0.465 e. The van der Waals surface area contributed by atoms with Crippen LogP contribution in [0.1, 0.15) is 32.0 Å². The first-order valence-electron chi connectivity index (χ1n) is 9.72. The predicted octanol–water partition coefficient (Wildman–Crippen LogP) is 1.96. The highest BCUT2D eigenvalue weighted by atomic mass is 16.5. The van der Waals surface area contributed by atoms with E-state index < -0.39 is 5.97 Å². The number of benzene rings is 1. The lowest BCUT2D eigenvalue weighted by molar-refractivity contribution is 0.0600. The van der Waals surface area contributed by atoms with E-state index in [2.05, 4.69) is 4.98 Å². The second kappa shape index (κ2) is 8.16. The lowest BCUT2D eigenvalue weighted by Gasteiger charge is -2.27. The highest BCUT2D eigenvalue weighted by Gasteiger charge is 2.25. The van der Waals surface area contributed by atoms with E-state index in [1.807, 2.05) is 6.07 Å². The van der Waals surface area contributed by atoms with Crippen molar-refractivity contribution in [3.8, 4) is 0 Å². The molecule has 0 saturated carbocycles. The molecule has 2 aromatic heterocycles. The molecule has 0 saturated heterocycles. The Hall–Kier alpha value is -3.39. The van der Waals surface area contributed by atoms with Gasteiger partial charge in [-0.1, -0.05) is 0 Å². The number of fused-ring (bicyclic) bond motifs is 3. The molecule has 1 aliphatic rings.